The van der Waals surface area contributed by atoms with Crippen LogP contribution in [0.25, 0.3) is 0 Å². The second-order valence-electron chi connectivity index (χ2n) is 7.68. The summed E-state index contributed by atoms with van der Waals surface area (Å²) in [6.45, 7) is -2.09. The zero-order valence-corrected chi connectivity index (χ0v) is 18.7. The van der Waals surface area contributed by atoms with Crippen molar-refractivity contribution in [1.29, 1.82) is 0 Å². The molecule has 1 aliphatic heterocycles. The number of halogens is 6. The van der Waals surface area contributed by atoms with Gasteiger partial charge in [0.25, 0.3) is 12.4 Å². The molecule has 36 heavy (non-hydrogen) atoms. The van der Waals surface area contributed by atoms with Gasteiger partial charge in [0.15, 0.2) is 17.9 Å². The van der Waals surface area contributed by atoms with E-state index in [0.29, 0.717) is 0 Å². The molecular formula is C22H21F6N3O5. The van der Waals surface area contributed by atoms with Gasteiger partial charge in [-0.25, -0.2) is 18.2 Å². The monoisotopic (exact) mass is 521 g/mol. The van der Waals surface area contributed by atoms with Crippen LogP contribution in [0.1, 0.15) is 28.5 Å². The molecule has 3 rings (SSSR count). The standard InChI is InChI=1S/C21H19F6N3O3.CH2O2/c1-19(20(23,24)10-32-9-18(28)30-19)14-6-12(2-4-15(14)22)7-17(31)16-5-3-13(8-29-16)33-11-21(25,26)27;2-1-3/h2-6,8H,7,9-11H2,1H3,(H2,28,30);1H,(H,2,3)/t19-;/m1./s1. The summed E-state index contributed by atoms with van der Waals surface area (Å²) in [4.78, 5) is 28.5. The van der Waals surface area contributed by atoms with Gasteiger partial charge in [0.1, 0.15) is 36.3 Å². The molecule has 1 aliphatic rings. The Balaban J connectivity index is 0.00000145. The largest absolute Gasteiger partial charge is 0.483 e. The Morgan fingerprint density at radius 2 is 1.94 bits per heavy atom. The molecule has 2 heterocycles. The summed E-state index contributed by atoms with van der Waals surface area (Å²) in [5.41, 5.74) is 2.88. The minimum atomic E-state index is -4.53. The smallest absolute Gasteiger partial charge is 0.422 e. The first-order valence-electron chi connectivity index (χ1n) is 10.1. The van der Waals surface area contributed by atoms with Gasteiger partial charge >= 0.3 is 6.18 Å². The highest BCUT2D eigenvalue weighted by molar-refractivity contribution is 5.95. The van der Waals surface area contributed by atoms with E-state index < -0.39 is 48.0 Å². The van der Waals surface area contributed by atoms with E-state index in [1.54, 1.807) is 0 Å². The van der Waals surface area contributed by atoms with Crippen LogP contribution in [-0.2, 0) is 21.5 Å². The number of aromatic nitrogens is 1. The van der Waals surface area contributed by atoms with Gasteiger partial charge in [-0.2, -0.15) is 13.2 Å². The number of nitrogens with two attached hydrogens (primary N) is 1. The lowest BCUT2D eigenvalue weighted by Gasteiger charge is -2.33. The lowest BCUT2D eigenvalue weighted by atomic mass is 9.84. The zero-order chi connectivity index (χ0) is 27.1. The number of rotatable bonds is 6. The number of Topliss-reactive ketones (excluding diaryl/α,β-unsaturated/α-hetero) is 1. The van der Waals surface area contributed by atoms with Crippen molar-refractivity contribution in [2.45, 2.75) is 31.0 Å². The molecule has 0 saturated carbocycles. The average molecular weight is 521 g/mol. The Hall–Kier alpha value is -3.68. The predicted molar refractivity (Wildman–Crippen MR) is 114 cm³/mol. The van der Waals surface area contributed by atoms with Crippen molar-refractivity contribution >= 4 is 18.1 Å². The van der Waals surface area contributed by atoms with Crippen molar-refractivity contribution in [3.05, 3.63) is 59.2 Å². The molecular weight excluding hydrogens is 500 g/mol. The SMILES string of the molecule is C[C@]1(c2cc(CC(=O)c3ccc(OCC(F)(F)F)cn3)ccc2F)N=C(N)COCC1(F)F.O=CO. The van der Waals surface area contributed by atoms with Crippen molar-refractivity contribution < 1.29 is 50.5 Å². The van der Waals surface area contributed by atoms with E-state index in [4.69, 9.17) is 20.4 Å². The number of carbonyl (C=O) groups excluding carboxylic acids is 1. The van der Waals surface area contributed by atoms with E-state index in [9.17, 15) is 31.1 Å². The molecule has 1 aromatic heterocycles. The molecule has 14 heteroatoms. The second kappa shape index (κ2) is 11.4. The number of nitrogens with zero attached hydrogens (tertiary/aromatic N) is 2. The minimum absolute atomic E-state index is 0.0955. The average Bonchev–Trinajstić information content (AvgIpc) is 2.89. The molecule has 0 aliphatic carbocycles. The first-order valence-corrected chi connectivity index (χ1v) is 10.1. The number of hydrogen-bond donors (Lipinski definition) is 2. The van der Waals surface area contributed by atoms with Crippen molar-refractivity contribution in [3.8, 4) is 5.75 Å². The van der Waals surface area contributed by atoms with Crippen molar-refractivity contribution in [3.63, 3.8) is 0 Å². The molecule has 0 unspecified atom stereocenters. The summed E-state index contributed by atoms with van der Waals surface area (Å²) in [7, 11) is 0. The maximum atomic E-state index is 14.8. The Kier molecular flexibility index (Phi) is 9.02. The van der Waals surface area contributed by atoms with Gasteiger partial charge in [0, 0.05) is 12.0 Å². The molecule has 8 nitrogen and oxygen atoms in total. The summed E-state index contributed by atoms with van der Waals surface area (Å²) >= 11 is 0. The van der Waals surface area contributed by atoms with Gasteiger partial charge in [0.2, 0.25) is 0 Å². The van der Waals surface area contributed by atoms with Gasteiger partial charge < -0.3 is 20.3 Å². The number of ketones is 1. The molecule has 0 spiro atoms. The van der Waals surface area contributed by atoms with E-state index in [0.717, 1.165) is 31.3 Å². The number of carboxylic acid groups (broad SMARTS) is 1. The molecule has 0 fully saturated rings. The predicted octanol–water partition coefficient (Wildman–Crippen LogP) is 3.53. The third kappa shape index (κ3) is 7.16. The van der Waals surface area contributed by atoms with E-state index >= 15 is 0 Å². The fourth-order valence-electron chi connectivity index (χ4n) is 3.21. The third-order valence-corrected chi connectivity index (χ3v) is 4.96. The lowest BCUT2D eigenvalue weighted by Crippen LogP contribution is -2.45. The number of hydrogen-bond acceptors (Lipinski definition) is 7. The maximum absolute atomic E-state index is 14.8. The molecule has 3 N–H and O–H groups in total. The first-order chi connectivity index (χ1) is 16.7. The highest BCUT2D eigenvalue weighted by Gasteiger charge is 2.54. The number of benzene rings is 1. The molecule has 0 saturated heterocycles. The summed E-state index contributed by atoms with van der Waals surface area (Å²) < 4.78 is 90.1. The summed E-state index contributed by atoms with van der Waals surface area (Å²) in [5, 5.41) is 6.89. The van der Waals surface area contributed by atoms with Crippen molar-refractivity contribution in [2.24, 2.45) is 10.7 Å². The Bertz CT molecular complexity index is 1110. The minimum Gasteiger partial charge on any atom is -0.483 e. The van der Waals surface area contributed by atoms with Crippen LogP contribution in [-0.4, -0.2) is 60.1 Å². The van der Waals surface area contributed by atoms with Gasteiger partial charge in [-0.05, 0) is 36.8 Å². The quantitative estimate of drug-likeness (QED) is 0.339. The number of pyridine rings is 1. The van der Waals surface area contributed by atoms with Crippen LogP contribution < -0.4 is 10.5 Å². The molecule has 0 bridgehead atoms. The van der Waals surface area contributed by atoms with E-state index in [1.807, 2.05) is 0 Å². The van der Waals surface area contributed by atoms with Crippen LogP contribution >= 0.6 is 0 Å². The normalized spacial score (nSPS) is 19.2. The third-order valence-electron chi connectivity index (χ3n) is 4.96. The molecule has 2 aromatic rings. The van der Waals surface area contributed by atoms with Gasteiger partial charge in [-0.1, -0.05) is 6.07 Å². The van der Waals surface area contributed by atoms with Crippen molar-refractivity contribution in [1.82, 2.24) is 4.98 Å². The van der Waals surface area contributed by atoms with Crippen LogP contribution in [0.15, 0.2) is 41.5 Å². The highest BCUT2D eigenvalue weighted by Crippen LogP contribution is 2.43. The molecule has 0 radical (unpaired) electrons. The fourth-order valence-corrected chi connectivity index (χ4v) is 3.21. The van der Waals surface area contributed by atoms with Crippen molar-refractivity contribution in [2.75, 3.05) is 19.8 Å². The topological polar surface area (TPSA) is 124 Å². The van der Waals surface area contributed by atoms with Crippen LogP contribution in [0.5, 0.6) is 5.75 Å². The van der Waals surface area contributed by atoms with Crippen LogP contribution in [0, 0.1) is 5.82 Å². The van der Waals surface area contributed by atoms with Gasteiger partial charge in [-0.3, -0.25) is 14.6 Å². The van der Waals surface area contributed by atoms with E-state index in [1.165, 1.54) is 12.1 Å². The highest BCUT2D eigenvalue weighted by atomic mass is 19.4. The number of aliphatic imine (C=N–C) groups is 1. The number of carbonyl (C=O) groups is 2. The molecule has 1 aromatic carbocycles. The van der Waals surface area contributed by atoms with Crippen LogP contribution in [0.4, 0.5) is 26.3 Å². The molecule has 196 valence electrons. The molecule has 0 amide bonds. The lowest BCUT2D eigenvalue weighted by molar-refractivity contribution is -0.153. The van der Waals surface area contributed by atoms with Crippen LogP contribution in [0.3, 0.4) is 0 Å². The number of alkyl halides is 5. The van der Waals surface area contributed by atoms with E-state index in [2.05, 4.69) is 14.7 Å². The summed E-state index contributed by atoms with van der Waals surface area (Å²) in [6, 6.07) is 5.61. The second-order valence-corrected chi connectivity index (χ2v) is 7.68. The van der Waals surface area contributed by atoms with Gasteiger partial charge in [0.05, 0.1) is 6.20 Å². The summed E-state index contributed by atoms with van der Waals surface area (Å²) in [6.07, 6.45) is -3.90. The first kappa shape index (κ1) is 28.6. The number of amidine groups is 1. The molecule has 1 atom stereocenters. The number of ether oxygens (including phenoxy) is 2. The Morgan fingerprint density at radius 3 is 2.53 bits per heavy atom. The fraction of sp³-hybridized carbons (Fsp3) is 0.364. The van der Waals surface area contributed by atoms with Gasteiger partial charge in [-0.15, -0.1) is 0 Å². The summed E-state index contributed by atoms with van der Waals surface area (Å²) in [5.74, 6) is -5.54. The zero-order valence-electron chi connectivity index (χ0n) is 18.7. The van der Waals surface area contributed by atoms with E-state index in [-0.39, 0.29) is 42.3 Å². The Labute approximate surface area is 200 Å². The van der Waals surface area contributed by atoms with Crippen LogP contribution in [0.2, 0.25) is 0 Å². The Morgan fingerprint density at radius 1 is 1.28 bits per heavy atom. The maximum Gasteiger partial charge on any atom is 0.422 e.